The molecule has 0 unspecified atom stereocenters. The Hall–Kier alpha value is -2.32. The van der Waals surface area contributed by atoms with Crippen molar-refractivity contribution in [3.8, 4) is 6.07 Å². The summed E-state index contributed by atoms with van der Waals surface area (Å²) in [4.78, 5) is 6.46. The van der Waals surface area contributed by atoms with Crippen LogP contribution >= 0.6 is 11.3 Å². The summed E-state index contributed by atoms with van der Waals surface area (Å²) in [6, 6.07) is 10.1. The number of amidine groups is 1. The van der Waals surface area contributed by atoms with Gasteiger partial charge in [0.25, 0.3) is 0 Å². The second kappa shape index (κ2) is 4.66. The van der Waals surface area contributed by atoms with Crippen LogP contribution in [0.1, 0.15) is 12.7 Å². The van der Waals surface area contributed by atoms with Gasteiger partial charge in [0, 0.05) is 24.2 Å². The fourth-order valence-corrected chi connectivity index (χ4v) is 3.09. The lowest BCUT2D eigenvalue weighted by molar-refractivity contribution is 0.601. The molecule has 3 aromatic rings. The van der Waals surface area contributed by atoms with Gasteiger partial charge in [0.05, 0.1) is 0 Å². The average molecular weight is 283 g/mol. The number of rotatable bonds is 1. The molecule has 0 saturated carbocycles. The van der Waals surface area contributed by atoms with Crippen LogP contribution in [-0.2, 0) is 0 Å². The van der Waals surface area contributed by atoms with Crippen molar-refractivity contribution in [3.63, 3.8) is 0 Å². The van der Waals surface area contributed by atoms with Crippen molar-refractivity contribution in [3.05, 3.63) is 30.0 Å². The van der Waals surface area contributed by atoms with E-state index in [-0.39, 0.29) is 5.76 Å². The zero-order valence-corrected chi connectivity index (χ0v) is 12.3. The molecule has 0 N–H and O–H groups in total. The highest BCUT2D eigenvalue weighted by atomic mass is 32.1. The van der Waals surface area contributed by atoms with Gasteiger partial charge in [0.1, 0.15) is 22.3 Å². The monoisotopic (exact) mass is 283 g/mol. The van der Waals surface area contributed by atoms with Crippen molar-refractivity contribution in [2.75, 3.05) is 14.1 Å². The minimum Gasteiger partial charge on any atom is -0.442 e. The highest BCUT2D eigenvalue weighted by molar-refractivity contribution is 7.26. The Morgan fingerprint density at radius 2 is 2.10 bits per heavy atom. The second-order valence-corrected chi connectivity index (χ2v) is 5.75. The van der Waals surface area contributed by atoms with Crippen LogP contribution in [0.15, 0.2) is 33.7 Å². The lowest BCUT2D eigenvalue weighted by Gasteiger charge is -2.10. The third kappa shape index (κ3) is 1.86. The van der Waals surface area contributed by atoms with Gasteiger partial charge >= 0.3 is 0 Å². The van der Waals surface area contributed by atoms with E-state index in [0.29, 0.717) is 5.69 Å². The van der Waals surface area contributed by atoms with Gasteiger partial charge in [-0.15, -0.1) is 11.3 Å². The van der Waals surface area contributed by atoms with Crippen molar-refractivity contribution >= 4 is 43.2 Å². The van der Waals surface area contributed by atoms with Gasteiger partial charge in [-0.3, -0.25) is 0 Å². The van der Waals surface area contributed by atoms with E-state index in [0.717, 1.165) is 26.2 Å². The molecular formula is C15H13N3OS. The molecule has 0 aliphatic carbocycles. The summed E-state index contributed by atoms with van der Waals surface area (Å²) in [5.41, 5.74) is 1.39. The second-order valence-electron chi connectivity index (χ2n) is 4.70. The maximum absolute atomic E-state index is 9.24. The number of hydrogen-bond acceptors (Lipinski definition) is 4. The zero-order chi connectivity index (χ0) is 14.3. The molecule has 3 rings (SSSR count). The van der Waals surface area contributed by atoms with E-state index in [4.69, 9.17) is 4.42 Å². The van der Waals surface area contributed by atoms with Crippen LogP contribution in [0.4, 0.5) is 5.69 Å². The van der Waals surface area contributed by atoms with Crippen molar-refractivity contribution < 1.29 is 4.42 Å². The summed E-state index contributed by atoms with van der Waals surface area (Å²) < 4.78 is 7.78. The van der Waals surface area contributed by atoms with E-state index >= 15 is 0 Å². The first-order valence-corrected chi connectivity index (χ1v) is 7.00. The standard InChI is InChI=1S/C15H13N3OS/c1-9(18(2)3)17-13-11(8-16)19-14-10-6-4-5-7-12(10)20-15(13)14/h4-7H,1-3H3. The highest BCUT2D eigenvalue weighted by Gasteiger charge is 2.19. The predicted molar refractivity (Wildman–Crippen MR) is 82.8 cm³/mol. The van der Waals surface area contributed by atoms with E-state index in [1.54, 1.807) is 11.3 Å². The predicted octanol–water partition coefficient (Wildman–Crippen LogP) is 4.13. The minimum absolute atomic E-state index is 0.276. The Balaban J connectivity index is 2.35. The van der Waals surface area contributed by atoms with Crippen LogP contribution in [0.5, 0.6) is 0 Å². The molecule has 0 aliphatic heterocycles. The maximum atomic E-state index is 9.24. The molecule has 2 aromatic heterocycles. The van der Waals surface area contributed by atoms with E-state index in [1.807, 2.05) is 50.2 Å². The van der Waals surface area contributed by atoms with Gasteiger partial charge in [-0.25, -0.2) is 4.99 Å². The molecule has 100 valence electrons. The summed E-state index contributed by atoms with van der Waals surface area (Å²) in [7, 11) is 3.85. The summed E-state index contributed by atoms with van der Waals surface area (Å²) in [6.45, 7) is 1.91. The van der Waals surface area contributed by atoms with Gasteiger partial charge in [0.15, 0.2) is 5.58 Å². The van der Waals surface area contributed by atoms with Crippen LogP contribution in [0.3, 0.4) is 0 Å². The first-order valence-electron chi connectivity index (χ1n) is 6.18. The summed E-state index contributed by atoms with van der Waals surface area (Å²) in [5, 5.41) is 10.3. The molecule has 0 radical (unpaired) electrons. The smallest absolute Gasteiger partial charge is 0.231 e. The minimum atomic E-state index is 0.276. The molecule has 5 heteroatoms. The fourth-order valence-electron chi connectivity index (χ4n) is 1.97. The molecule has 1 aromatic carbocycles. The number of aliphatic imine (C=N–C) groups is 1. The molecule has 0 saturated heterocycles. The van der Waals surface area contributed by atoms with Crippen molar-refractivity contribution in [2.45, 2.75) is 6.92 Å². The molecule has 4 nitrogen and oxygen atoms in total. The Bertz CT molecular complexity index is 864. The SMILES string of the molecule is CC(=Nc1c(C#N)oc2c1sc1ccccc12)N(C)C. The third-order valence-electron chi connectivity index (χ3n) is 3.21. The Morgan fingerprint density at radius 1 is 1.35 bits per heavy atom. The van der Waals surface area contributed by atoms with Crippen LogP contribution < -0.4 is 0 Å². The number of benzene rings is 1. The van der Waals surface area contributed by atoms with Crippen molar-refractivity contribution in [1.29, 1.82) is 5.26 Å². The van der Waals surface area contributed by atoms with Gasteiger partial charge in [-0.2, -0.15) is 5.26 Å². The molecule has 0 fully saturated rings. The number of thiophene rings is 1. The quantitative estimate of drug-likeness (QED) is 0.498. The third-order valence-corrected chi connectivity index (χ3v) is 4.37. The first-order chi connectivity index (χ1) is 9.61. The molecular weight excluding hydrogens is 270 g/mol. The van der Waals surface area contributed by atoms with Crippen LogP contribution in [0.25, 0.3) is 20.4 Å². The van der Waals surface area contributed by atoms with E-state index in [1.165, 1.54) is 0 Å². The van der Waals surface area contributed by atoms with Gasteiger partial charge in [0.2, 0.25) is 5.76 Å². The van der Waals surface area contributed by atoms with Crippen LogP contribution in [-0.4, -0.2) is 24.8 Å². The lowest BCUT2D eigenvalue weighted by Crippen LogP contribution is -2.17. The van der Waals surface area contributed by atoms with Gasteiger partial charge in [-0.1, -0.05) is 12.1 Å². The number of furan rings is 1. The Morgan fingerprint density at radius 3 is 2.80 bits per heavy atom. The zero-order valence-electron chi connectivity index (χ0n) is 11.5. The molecule has 0 amide bonds. The molecule has 0 atom stereocenters. The van der Waals surface area contributed by atoms with Gasteiger partial charge < -0.3 is 9.32 Å². The highest BCUT2D eigenvalue weighted by Crippen LogP contribution is 2.43. The van der Waals surface area contributed by atoms with Crippen LogP contribution in [0.2, 0.25) is 0 Å². The Kier molecular flexibility index (Phi) is 2.96. The number of nitrogens with zero attached hydrogens (tertiary/aromatic N) is 3. The molecule has 0 bridgehead atoms. The molecule has 0 spiro atoms. The number of hydrogen-bond donors (Lipinski definition) is 0. The summed E-state index contributed by atoms with van der Waals surface area (Å²) in [6.07, 6.45) is 0. The van der Waals surface area contributed by atoms with E-state index < -0.39 is 0 Å². The van der Waals surface area contributed by atoms with Crippen molar-refractivity contribution in [2.24, 2.45) is 4.99 Å². The number of fused-ring (bicyclic) bond motifs is 3. The maximum Gasteiger partial charge on any atom is 0.231 e. The molecule has 20 heavy (non-hydrogen) atoms. The van der Waals surface area contributed by atoms with E-state index in [2.05, 4.69) is 11.1 Å². The van der Waals surface area contributed by atoms with Crippen LogP contribution in [0, 0.1) is 11.3 Å². The number of nitriles is 1. The summed E-state index contributed by atoms with van der Waals surface area (Å²) >= 11 is 1.61. The van der Waals surface area contributed by atoms with Crippen molar-refractivity contribution in [1.82, 2.24) is 4.90 Å². The largest absolute Gasteiger partial charge is 0.442 e. The Labute approximate surface area is 120 Å². The topological polar surface area (TPSA) is 52.5 Å². The molecule has 0 aliphatic rings. The lowest BCUT2D eigenvalue weighted by atomic mass is 10.2. The average Bonchev–Trinajstić information content (AvgIpc) is 2.95. The van der Waals surface area contributed by atoms with Gasteiger partial charge in [-0.05, 0) is 19.1 Å². The van der Waals surface area contributed by atoms with E-state index in [9.17, 15) is 5.26 Å². The fraction of sp³-hybridized carbons (Fsp3) is 0.200. The molecule has 2 heterocycles. The first kappa shape index (κ1) is 12.7. The summed E-state index contributed by atoms with van der Waals surface area (Å²) in [5.74, 6) is 1.11. The normalized spacial score (nSPS) is 12.0.